The minimum Gasteiger partial charge on any atom is -0.254 e. The fraction of sp³-hybridized carbons (Fsp3) is 0.353. The third-order valence-electron chi connectivity index (χ3n) is 3.68. The number of hydrogen-bond donors (Lipinski definition) is 0. The zero-order chi connectivity index (χ0) is 15.0. The number of nitrogens with zero attached hydrogens (tertiary/aromatic N) is 4. The van der Waals surface area contributed by atoms with Crippen LogP contribution in [0.5, 0.6) is 0 Å². The summed E-state index contributed by atoms with van der Waals surface area (Å²) in [4.78, 5) is 9.30. The second-order valence-electron chi connectivity index (χ2n) is 5.55. The molecule has 21 heavy (non-hydrogen) atoms. The van der Waals surface area contributed by atoms with Crippen molar-refractivity contribution in [3.63, 3.8) is 0 Å². The van der Waals surface area contributed by atoms with Crippen LogP contribution in [0.25, 0.3) is 22.4 Å². The second-order valence-corrected chi connectivity index (χ2v) is 5.55. The summed E-state index contributed by atoms with van der Waals surface area (Å²) in [5, 5.41) is 5.79. The highest BCUT2D eigenvalue weighted by molar-refractivity contribution is 5.84. The molecule has 4 heteroatoms. The van der Waals surface area contributed by atoms with Crippen LogP contribution in [0.3, 0.4) is 0 Å². The molecule has 0 atom stereocenters. The van der Waals surface area contributed by atoms with E-state index in [0.717, 1.165) is 41.3 Å². The van der Waals surface area contributed by atoms with Crippen LogP contribution >= 0.6 is 0 Å². The van der Waals surface area contributed by atoms with Crippen molar-refractivity contribution in [3.8, 4) is 11.4 Å². The van der Waals surface area contributed by atoms with Crippen molar-refractivity contribution in [2.45, 2.75) is 40.7 Å². The number of pyridine rings is 2. The van der Waals surface area contributed by atoms with Gasteiger partial charge in [-0.05, 0) is 50.5 Å². The third kappa shape index (κ3) is 2.42. The van der Waals surface area contributed by atoms with Crippen LogP contribution in [0.1, 0.15) is 30.2 Å². The fourth-order valence-corrected chi connectivity index (χ4v) is 2.69. The Morgan fingerprint density at radius 3 is 2.57 bits per heavy atom. The summed E-state index contributed by atoms with van der Waals surface area (Å²) < 4.78 is 2.01. The van der Waals surface area contributed by atoms with Gasteiger partial charge in [0.2, 0.25) is 0 Å². The lowest BCUT2D eigenvalue weighted by Gasteiger charge is -2.06. The van der Waals surface area contributed by atoms with Crippen molar-refractivity contribution in [2.24, 2.45) is 0 Å². The highest BCUT2D eigenvalue weighted by Crippen LogP contribution is 2.25. The monoisotopic (exact) mass is 280 g/mol. The van der Waals surface area contributed by atoms with Crippen molar-refractivity contribution in [1.29, 1.82) is 0 Å². The normalized spacial score (nSPS) is 11.2. The number of rotatable bonds is 3. The average molecular weight is 280 g/mol. The molecule has 3 rings (SSSR count). The van der Waals surface area contributed by atoms with Gasteiger partial charge in [-0.1, -0.05) is 13.0 Å². The first kappa shape index (κ1) is 13.7. The molecule has 0 aromatic carbocycles. The summed E-state index contributed by atoms with van der Waals surface area (Å²) in [5.74, 6) is 0. The molecule has 0 bridgehead atoms. The summed E-state index contributed by atoms with van der Waals surface area (Å²) in [6, 6.07) is 6.19. The molecule has 0 spiro atoms. The van der Waals surface area contributed by atoms with Gasteiger partial charge >= 0.3 is 0 Å². The maximum absolute atomic E-state index is 4.81. The van der Waals surface area contributed by atoms with Gasteiger partial charge in [0.25, 0.3) is 0 Å². The lowest BCUT2D eigenvalue weighted by molar-refractivity contribution is 0.612. The van der Waals surface area contributed by atoms with Crippen molar-refractivity contribution in [3.05, 3.63) is 41.2 Å². The molecule has 3 aromatic rings. The Kier molecular flexibility index (Phi) is 3.45. The van der Waals surface area contributed by atoms with Crippen LogP contribution in [0, 0.1) is 20.8 Å². The molecule has 0 aliphatic rings. The average Bonchev–Trinajstić information content (AvgIpc) is 2.77. The topological polar surface area (TPSA) is 43.6 Å². The van der Waals surface area contributed by atoms with Crippen molar-refractivity contribution < 1.29 is 0 Å². The minimum atomic E-state index is 0.890. The van der Waals surface area contributed by atoms with Gasteiger partial charge in [-0.3, -0.25) is 4.98 Å². The number of aromatic nitrogens is 4. The predicted octanol–water partition coefficient (Wildman–Crippen LogP) is 3.83. The molecule has 4 nitrogen and oxygen atoms in total. The fourth-order valence-electron chi connectivity index (χ4n) is 2.69. The molecular weight excluding hydrogens is 260 g/mol. The Morgan fingerprint density at radius 1 is 1.10 bits per heavy atom. The van der Waals surface area contributed by atoms with Gasteiger partial charge in [0.1, 0.15) is 0 Å². The van der Waals surface area contributed by atoms with Gasteiger partial charge in [-0.2, -0.15) is 5.10 Å². The first-order valence-electron chi connectivity index (χ1n) is 7.38. The van der Waals surface area contributed by atoms with Crippen LogP contribution in [0.15, 0.2) is 24.4 Å². The molecule has 0 radical (unpaired) electrons. The van der Waals surface area contributed by atoms with Gasteiger partial charge in [0.05, 0.1) is 17.1 Å². The smallest absolute Gasteiger partial charge is 0.159 e. The molecule has 3 aromatic heterocycles. The third-order valence-corrected chi connectivity index (χ3v) is 3.68. The van der Waals surface area contributed by atoms with E-state index < -0.39 is 0 Å². The van der Waals surface area contributed by atoms with E-state index in [1.807, 2.05) is 30.8 Å². The molecule has 108 valence electrons. The van der Waals surface area contributed by atoms with Gasteiger partial charge in [-0.15, -0.1) is 0 Å². The summed E-state index contributed by atoms with van der Waals surface area (Å²) in [6.07, 6.45) is 2.93. The van der Waals surface area contributed by atoms with Crippen LogP contribution in [0.4, 0.5) is 0 Å². The molecule has 3 heterocycles. The van der Waals surface area contributed by atoms with Crippen LogP contribution in [-0.2, 0) is 6.54 Å². The van der Waals surface area contributed by atoms with E-state index in [1.54, 1.807) is 0 Å². The Balaban J connectivity index is 2.21. The molecule has 0 amide bonds. The maximum atomic E-state index is 4.81. The number of hydrogen-bond acceptors (Lipinski definition) is 3. The first-order valence-corrected chi connectivity index (χ1v) is 7.38. The summed E-state index contributed by atoms with van der Waals surface area (Å²) >= 11 is 0. The molecular formula is C17H20N4. The molecule has 0 fully saturated rings. The van der Waals surface area contributed by atoms with E-state index >= 15 is 0 Å². The summed E-state index contributed by atoms with van der Waals surface area (Å²) in [7, 11) is 0. The zero-order valence-corrected chi connectivity index (χ0v) is 13.0. The Morgan fingerprint density at radius 2 is 1.90 bits per heavy atom. The van der Waals surface area contributed by atoms with Crippen molar-refractivity contribution in [1.82, 2.24) is 19.7 Å². The van der Waals surface area contributed by atoms with Crippen molar-refractivity contribution in [2.75, 3.05) is 0 Å². The highest BCUT2D eigenvalue weighted by Gasteiger charge is 2.13. The first-order chi connectivity index (χ1) is 10.1. The van der Waals surface area contributed by atoms with Crippen LogP contribution in [-0.4, -0.2) is 19.7 Å². The van der Waals surface area contributed by atoms with Gasteiger partial charge in [0.15, 0.2) is 5.65 Å². The lowest BCUT2D eigenvalue weighted by atomic mass is 10.1. The molecule has 0 saturated carbocycles. The van der Waals surface area contributed by atoms with E-state index in [4.69, 9.17) is 4.98 Å². The van der Waals surface area contributed by atoms with E-state index in [1.165, 1.54) is 10.9 Å². The van der Waals surface area contributed by atoms with Crippen molar-refractivity contribution >= 4 is 11.0 Å². The zero-order valence-electron chi connectivity index (χ0n) is 13.0. The minimum absolute atomic E-state index is 0.890. The summed E-state index contributed by atoms with van der Waals surface area (Å²) in [6.45, 7) is 9.25. The molecule has 0 aliphatic carbocycles. The largest absolute Gasteiger partial charge is 0.254 e. The number of fused-ring (bicyclic) bond motifs is 1. The standard InChI is InChI=1S/C17H20N4/c1-5-8-21-17-16(13(4)20-21)12(3)9-15(19-17)14-7-6-11(2)10-18-14/h6-7,9-10H,5,8H2,1-4H3. The summed E-state index contributed by atoms with van der Waals surface area (Å²) in [5.41, 5.74) is 6.20. The maximum Gasteiger partial charge on any atom is 0.159 e. The SMILES string of the molecule is CCCn1nc(C)c2c(C)cc(-c3ccc(C)cn3)nc21. The predicted molar refractivity (Wildman–Crippen MR) is 85.3 cm³/mol. The molecule has 0 N–H and O–H groups in total. The quantitative estimate of drug-likeness (QED) is 0.732. The molecule has 0 unspecified atom stereocenters. The van der Waals surface area contributed by atoms with E-state index in [2.05, 4.69) is 36.1 Å². The van der Waals surface area contributed by atoms with Gasteiger partial charge in [0, 0.05) is 18.1 Å². The van der Waals surface area contributed by atoms with E-state index in [-0.39, 0.29) is 0 Å². The van der Waals surface area contributed by atoms with Crippen LogP contribution in [0.2, 0.25) is 0 Å². The molecule has 0 aliphatic heterocycles. The second kappa shape index (κ2) is 5.28. The van der Waals surface area contributed by atoms with Gasteiger partial charge < -0.3 is 0 Å². The Bertz CT molecular complexity index is 785. The highest BCUT2D eigenvalue weighted by atomic mass is 15.3. The van der Waals surface area contributed by atoms with Crippen LogP contribution < -0.4 is 0 Å². The molecule has 0 saturated heterocycles. The van der Waals surface area contributed by atoms with E-state index in [0.29, 0.717) is 0 Å². The van der Waals surface area contributed by atoms with E-state index in [9.17, 15) is 0 Å². The Labute approximate surface area is 124 Å². The Hall–Kier alpha value is -2.23. The number of aryl methyl sites for hydroxylation is 4. The van der Waals surface area contributed by atoms with Gasteiger partial charge in [-0.25, -0.2) is 9.67 Å². The lowest BCUT2D eigenvalue weighted by Crippen LogP contribution is -2.01.